The Labute approximate surface area is 189 Å². The van der Waals surface area contributed by atoms with Crippen LogP contribution in [0.3, 0.4) is 0 Å². The quantitative estimate of drug-likeness (QED) is 0.643. The molecule has 1 aliphatic heterocycles. The van der Waals surface area contributed by atoms with Gasteiger partial charge in [0.1, 0.15) is 11.2 Å². The number of amides is 1. The zero-order chi connectivity index (χ0) is 23.3. The summed E-state index contributed by atoms with van der Waals surface area (Å²) in [6.07, 6.45) is 5.42. The molecule has 0 aromatic carbocycles. The summed E-state index contributed by atoms with van der Waals surface area (Å²) in [4.78, 5) is 30.3. The lowest BCUT2D eigenvalue weighted by Crippen LogP contribution is -2.42. The van der Waals surface area contributed by atoms with Gasteiger partial charge in [0.2, 0.25) is 0 Å². The Morgan fingerprint density at radius 2 is 1.97 bits per heavy atom. The molecular weight excluding hydrogens is 412 g/mol. The molecule has 2 aromatic rings. The van der Waals surface area contributed by atoms with Crippen LogP contribution in [0.5, 0.6) is 5.75 Å². The van der Waals surface area contributed by atoms with E-state index in [2.05, 4.69) is 14.9 Å². The van der Waals surface area contributed by atoms with E-state index >= 15 is 0 Å². The van der Waals surface area contributed by atoms with Crippen LogP contribution in [-0.4, -0.2) is 65.5 Å². The highest BCUT2D eigenvalue weighted by molar-refractivity contribution is 5.89. The van der Waals surface area contributed by atoms with Gasteiger partial charge in [-0.3, -0.25) is 4.79 Å². The number of hydrogen-bond donors (Lipinski definition) is 1. The highest BCUT2D eigenvalue weighted by atomic mass is 16.6. The number of hydrogen-bond acceptors (Lipinski definition) is 7. The van der Waals surface area contributed by atoms with E-state index in [-0.39, 0.29) is 24.5 Å². The second-order valence-corrected chi connectivity index (χ2v) is 8.85. The fourth-order valence-electron chi connectivity index (χ4n) is 3.91. The molecule has 0 aliphatic carbocycles. The first-order valence-electron chi connectivity index (χ1n) is 11.1. The van der Waals surface area contributed by atoms with Crippen molar-refractivity contribution in [3.63, 3.8) is 0 Å². The number of esters is 1. The highest BCUT2D eigenvalue weighted by Crippen LogP contribution is 2.35. The summed E-state index contributed by atoms with van der Waals surface area (Å²) in [5, 5.41) is 4.12. The second-order valence-electron chi connectivity index (χ2n) is 8.85. The van der Waals surface area contributed by atoms with Crippen LogP contribution in [0.1, 0.15) is 53.0 Å². The van der Waals surface area contributed by atoms with Crippen molar-refractivity contribution in [1.29, 1.82) is 0 Å². The number of piperidine rings is 1. The summed E-state index contributed by atoms with van der Waals surface area (Å²) >= 11 is 0. The Morgan fingerprint density at radius 1 is 1.25 bits per heavy atom. The summed E-state index contributed by atoms with van der Waals surface area (Å²) in [5.41, 5.74) is 1.09. The molecule has 0 radical (unpaired) electrons. The van der Waals surface area contributed by atoms with E-state index in [4.69, 9.17) is 14.2 Å². The number of nitrogens with one attached hydrogen (secondary N) is 1. The van der Waals surface area contributed by atoms with Gasteiger partial charge in [-0.25, -0.2) is 9.78 Å². The molecule has 9 heteroatoms. The van der Waals surface area contributed by atoms with Crippen molar-refractivity contribution < 1.29 is 23.8 Å². The molecule has 1 aliphatic rings. The van der Waals surface area contributed by atoms with Gasteiger partial charge in [0.05, 0.1) is 37.4 Å². The molecule has 1 saturated heterocycles. The molecule has 0 spiro atoms. The fourth-order valence-corrected chi connectivity index (χ4v) is 3.91. The molecule has 0 unspecified atom stereocenters. The zero-order valence-corrected chi connectivity index (χ0v) is 19.6. The first kappa shape index (κ1) is 23.7. The smallest absolute Gasteiger partial charge is 0.410 e. The standard InChI is InChI=1S/C23H34N4O5/c1-6-31-19(28)7-11-24-18-15-25-21-17(20(18)30-5)10-14-27(21)16-8-12-26(13-9-16)22(29)32-23(2,3)4/h10,14-16,24H,6-9,11-13H2,1-5H3. The Morgan fingerprint density at radius 3 is 2.59 bits per heavy atom. The van der Waals surface area contributed by atoms with Gasteiger partial charge in [-0.1, -0.05) is 0 Å². The lowest BCUT2D eigenvalue weighted by Gasteiger charge is -2.34. The summed E-state index contributed by atoms with van der Waals surface area (Å²) in [6.45, 7) is 9.52. The van der Waals surface area contributed by atoms with Crippen LogP contribution in [0.25, 0.3) is 11.0 Å². The van der Waals surface area contributed by atoms with Gasteiger partial charge in [-0.05, 0) is 46.6 Å². The maximum Gasteiger partial charge on any atom is 0.410 e. The van der Waals surface area contributed by atoms with E-state index in [0.717, 1.165) is 29.6 Å². The van der Waals surface area contributed by atoms with Gasteiger partial charge in [-0.2, -0.15) is 0 Å². The minimum Gasteiger partial charge on any atom is -0.494 e. The van der Waals surface area contributed by atoms with E-state index in [9.17, 15) is 9.59 Å². The van der Waals surface area contributed by atoms with Crippen molar-refractivity contribution in [3.8, 4) is 5.75 Å². The van der Waals surface area contributed by atoms with E-state index < -0.39 is 5.60 Å². The van der Waals surface area contributed by atoms with Crippen molar-refractivity contribution in [2.45, 2.75) is 58.6 Å². The summed E-state index contributed by atoms with van der Waals surface area (Å²) < 4.78 is 18.3. The molecule has 1 N–H and O–H groups in total. The van der Waals surface area contributed by atoms with Crippen molar-refractivity contribution in [3.05, 3.63) is 18.5 Å². The van der Waals surface area contributed by atoms with Gasteiger partial charge < -0.3 is 29.0 Å². The van der Waals surface area contributed by atoms with Crippen molar-refractivity contribution in [2.24, 2.45) is 0 Å². The maximum absolute atomic E-state index is 12.3. The van der Waals surface area contributed by atoms with Crippen molar-refractivity contribution in [1.82, 2.24) is 14.5 Å². The number of ether oxygens (including phenoxy) is 3. The van der Waals surface area contributed by atoms with E-state index in [1.54, 1.807) is 25.1 Å². The third kappa shape index (κ3) is 5.63. The topological polar surface area (TPSA) is 94.9 Å². The SMILES string of the molecule is CCOC(=O)CCNc1cnc2c(ccn2C2CCN(C(=O)OC(C)(C)C)CC2)c1OC. The predicted molar refractivity (Wildman–Crippen MR) is 122 cm³/mol. The first-order valence-corrected chi connectivity index (χ1v) is 11.1. The molecule has 32 heavy (non-hydrogen) atoms. The number of likely N-dealkylation sites (tertiary alicyclic amines) is 1. The summed E-state index contributed by atoms with van der Waals surface area (Å²) in [5.74, 6) is 0.459. The van der Waals surface area contributed by atoms with Gasteiger partial charge in [-0.15, -0.1) is 0 Å². The van der Waals surface area contributed by atoms with Gasteiger partial charge in [0.15, 0.2) is 5.75 Å². The van der Waals surface area contributed by atoms with Crippen LogP contribution < -0.4 is 10.1 Å². The number of nitrogens with zero attached hydrogens (tertiary/aromatic N) is 3. The minimum absolute atomic E-state index is 0.239. The number of rotatable bonds is 7. The number of anilines is 1. The molecule has 176 valence electrons. The third-order valence-electron chi connectivity index (χ3n) is 5.36. The van der Waals surface area contributed by atoms with Crippen LogP contribution in [-0.2, 0) is 14.3 Å². The molecule has 2 aromatic heterocycles. The Hall–Kier alpha value is -2.97. The molecular formula is C23H34N4O5. The van der Waals surface area contributed by atoms with Crippen molar-refractivity contribution in [2.75, 3.05) is 38.7 Å². The average molecular weight is 447 g/mol. The summed E-state index contributed by atoms with van der Waals surface area (Å²) in [6, 6.07) is 2.24. The van der Waals surface area contributed by atoms with Crippen LogP contribution >= 0.6 is 0 Å². The molecule has 1 fully saturated rings. The largest absolute Gasteiger partial charge is 0.494 e. The van der Waals surface area contributed by atoms with Gasteiger partial charge in [0.25, 0.3) is 0 Å². The number of fused-ring (bicyclic) bond motifs is 1. The average Bonchev–Trinajstić information content (AvgIpc) is 3.17. The number of methoxy groups -OCH3 is 1. The van der Waals surface area contributed by atoms with E-state index in [1.165, 1.54) is 0 Å². The number of carbonyl (C=O) groups excluding carboxylic acids is 2. The van der Waals surface area contributed by atoms with E-state index in [1.807, 2.05) is 33.0 Å². The normalized spacial score (nSPS) is 15.0. The zero-order valence-electron chi connectivity index (χ0n) is 19.6. The van der Waals surface area contributed by atoms with E-state index in [0.29, 0.717) is 32.0 Å². The number of aromatic nitrogens is 2. The lowest BCUT2D eigenvalue weighted by atomic mass is 10.1. The van der Waals surface area contributed by atoms with Crippen LogP contribution in [0, 0.1) is 0 Å². The minimum atomic E-state index is -0.493. The lowest BCUT2D eigenvalue weighted by molar-refractivity contribution is -0.142. The fraction of sp³-hybridized carbons (Fsp3) is 0.609. The van der Waals surface area contributed by atoms with Crippen LogP contribution in [0.2, 0.25) is 0 Å². The second kappa shape index (κ2) is 10.1. The van der Waals surface area contributed by atoms with Gasteiger partial charge in [0, 0.05) is 31.9 Å². The predicted octanol–water partition coefficient (Wildman–Crippen LogP) is 3.98. The molecule has 0 bridgehead atoms. The first-order chi connectivity index (χ1) is 15.2. The monoisotopic (exact) mass is 446 g/mol. The molecule has 3 rings (SSSR count). The number of pyridine rings is 1. The molecule has 0 saturated carbocycles. The molecule has 1 amide bonds. The van der Waals surface area contributed by atoms with Crippen molar-refractivity contribution >= 4 is 28.8 Å². The highest BCUT2D eigenvalue weighted by Gasteiger charge is 2.28. The van der Waals surface area contributed by atoms with Crippen LogP contribution in [0.4, 0.5) is 10.5 Å². The molecule has 9 nitrogen and oxygen atoms in total. The van der Waals surface area contributed by atoms with Crippen LogP contribution in [0.15, 0.2) is 18.5 Å². The molecule has 3 heterocycles. The third-order valence-corrected chi connectivity index (χ3v) is 5.36. The number of carbonyl (C=O) groups is 2. The Kier molecular flexibility index (Phi) is 7.48. The Bertz CT molecular complexity index is 942. The Balaban J connectivity index is 1.68. The summed E-state index contributed by atoms with van der Waals surface area (Å²) in [7, 11) is 1.63. The molecule has 0 atom stereocenters. The van der Waals surface area contributed by atoms with Gasteiger partial charge >= 0.3 is 12.1 Å². The maximum atomic E-state index is 12.3.